The van der Waals surface area contributed by atoms with Crippen molar-refractivity contribution in [1.82, 2.24) is 5.32 Å². The molecule has 0 aliphatic carbocycles. The molecule has 1 aliphatic heterocycles. The highest BCUT2D eigenvalue weighted by molar-refractivity contribution is 7.91. The van der Waals surface area contributed by atoms with Crippen molar-refractivity contribution >= 4 is 44.9 Å². The molecule has 0 bridgehead atoms. The van der Waals surface area contributed by atoms with Crippen LogP contribution in [-0.4, -0.2) is 70.5 Å². The Morgan fingerprint density at radius 1 is 1.12 bits per heavy atom. The van der Waals surface area contributed by atoms with Crippen LogP contribution in [0.3, 0.4) is 0 Å². The number of anilines is 1. The number of benzene rings is 2. The second kappa shape index (κ2) is 13.7. The minimum atomic E-state index is -4.31. The Labute approximate surface area is 244 Å². The van der Waals surface area contributed by atoms with Crippen molar-refractivity contribution in [2.75, 3.05) is 37.6 Å². The summed E-state index contributed by atoms with van der Waals surface area (Å²) in [7, 11) is -2.78. The second-order valence-corrected chi connectivity index (χ2v) is 12.9. The predicted molar refractivity (Wildman–Crippen MR) is 151 cm³/mol. The first-order chi connectivity index (χ1) is 19.2. The Morgan fingerprint density at radius 2 is 1.80 bits per heavy atom. The van der Waals surface area contributed by atoms with E-state index < -0.39 is 55.7 Å². The number of nitrogens with zero attached hydrogens (tertiary/aromatic N) is 1. The summed E-state index contributed by atoms with van der Waals surface area (Å²) in [5.41, 5.74) is -0.854. The Hall–Kier alpha value is -3.06. The van der Waals surface area contributed by atoms with E-state index in [9.17, 15) is 22.8 Å². The largest absolute Gasteiger partial charge is 0.444 e. The number of fused-ring (bicyclic) bond motifs is 1. The Balaban J connectivity index is 2.00. The average Bonchev–Trinajstić information content (AvgIpc) is 2.94. The molecule has 13 heteroatoms. The van der Waals surface area contributed by atoms with Gasteiger partial charge in [0.05, 0.1) is 41.7 Å². The molecule has 0 unspecified atom stereocenters. The van der Waals surface area contributed by atoms with Crippen LogP contribution < -0.4 is 10.2 Å². The molecule has 2 aromatic carbocycles. The van der Waals surface area contributed by atoms with E-state index in [1.54, 1.807) is 45.0 Å². The number of carbonyl (C=O) groups is 3. The zero-order valence-corrected chi connectivity index (χ0v) is 24.9. The summed E-state index contributed by atoms with van der Waals surface area (Å²) in [6.07, 6.45) is -0.756. The van der Waals surface area contributed by atoms with Gasteiger partial charge in [0, 0.05) is 25.2 Å². The van der Waals surface area contributed by atoms with Crippen molar-refractivity contribution in [3.63, 3.8) is 0 Å². The molecule has 0 fully saturated rings. The number of carbonyl (C=O) groups excluding carboxylic acids is 3. The van der Waals surface area contributed by atoms with Crippen molar-refractivity contribution in [1.29, 1.82) is 0 Å². The van der Waals surface area contributed by atoms with Crippen molar-refractivity contribution in [3.05, 3.63) is 58.4 Å². The van der Waals surface area contributed by atoms with Gasteiger partial charge in [0.2, 0.25) is 0 Å². The van der Waals surface area contributed by atoms with Crippen molar-refractivity contribution in [2.45, 2.75) is 56.7 Å². The van der Waals surface area contributed by atoms with E-state index in [1.807, 2.05) is 0 Å². The lowest BCUT2D eigenvalue weighted by Gasteiger charge is -2.27. The van der Waals surface area contributed by atoms with Gasteiger partial charge in [-0.2, -0.15) is 0 Å². The fourth-order valence-corrected chi connectivity index (χ4v) is 5.85. The van der Waals surface area contributed by atoms with Gasteiger partial charge in [-0.15, -0.1) is 0 Å². The number of Topliss-reactive ketones (excluding diaryl/α,β-unsaturated/α-hetero) is 1. The molecule has 1 atom stereocenters. The maximum Gasteiger partial charge on any atom is 0.408 e. The first-order valence-electron chi connectivity index (χ1n) is 12.9. The summed E-state index contributed by atoms with van der Waals surface area (Å²) in [5, 5.41) is 2.79. The molecule has 0 spiro atoms. The van der Waals surface area contributed by atoms with E-state index in [1.165, 1.54) is 7.11 Å². The van der Waals surface area contributed by atoms with Crippen LogP contribution in [-0.2, 0) is 35.4 Å². The van der Waals surface area contributed by atoms with Crippen LogP contribution >= 0.6 is 11.6 Å². The molecule has 0 aromatic heterocycles. The maximum atomic E-state index is 15.2. The number of nitrogens with one attached hydrogen (secondary N) is 1. The standard InChI is InChI=1S/C28H34ClFN2O8S/c1-28(2,3)40-27(35)31-22-17-41(36,37)25-15-21(30)20(24(33)6-5-11-39-13-12-38-4)14-23(25)32(26(22)34)16-18-7-9-19(29)10-8-18/h7-10,14-15,22H,5-6,11-13,16-17H2,1-4H3,(H,31,35)/t22-/m0/s1. The Kier molecular flexibility index (Phi) is 10.9. The highest BCUT2D eigenvalue weighted by Gasteiger charge is 2.40. The summed E-state index contributed by atoms with van der Waals surface area (Å²) >= 11 is 6.00. The molecule has 1 aliphatic rings. The summed E-state index contributed by atoms with van der Waals surface area (Å²) in [4.78, 5) is 39.9. The SMILES string of the molecule is COCCOCCCC(=O)c1cc2c(cc1F)S(=O)(=O)C[C@H](NC(=O)OC(C)(C)C)C(=O)N2Cc1ccc(Cl)cc1. The van der Waals surface area contributed by atoms with E-state index >= 15 is 4.39 Å². The zero-order valence-electron chi connectivity index (χ0n) is 23.4. The van der Waals surface area contributed by atoms with Gasteiger partial charge in [0.15, 0.2) is 15.6 Å². The molecule has 0 saturated carbocycles. The molecule has 1 N–H and O–H groups in total. The first-order valence-corrected chi connectivity index (χ1v) is 15.0. The number of alkyl carbamates (subject to hydrolysis) is 1. The van der Waals surface area contributed by atoms with Gasteiger partial charge < -0.3 is 24.4 Å². The van der Waals surface area contributed by atoms with Crippen LogP contribution in [0, 0.1) is 5.82 Å². The van der Waals surface area contributed by atoms with Crippen LogP contribution in [0.15, 0.2) is 41.3 Å². The summed E-state index contributed by atoms with van der Waals surface area (Å²) in [6, 6.07) is 6.78. The van der Waals surface area contributed by atoms with E-state index in [-0.39, 0.29) is 30.8 Å². The van der Waals surface area contributed by atoms with E-state index in [2.05, 4.69) is 5.32 Å². The molecule has 2 amide bonds. The van der Waals surface area contributed by atoms with Gasteiger partial charge in [0.1, 0.15) is 17.5 Å². The second-order valence-electron chi connectivity index (χ2n) is 10.5. The molecule has 41 heavy (non-hydrogen) atoms. The highest BCUT2D eigenvalue weighted by atomic mass is 35.5. The van der Waals surface area contributed by atoms with Gasteiger partial charge in [-0.1, -0.05) is 23.7 Å². The smallest absolute Gasteiger partial charge is 0.408 e. The fourth-order valence-electron chi connectivity index (χ4n) is 4.11. The van der Waals surface area contributed by atoms with Gasteiger partial charge >= 0.3 is 6.09 Å². The number of hydrogen-bond acceptors (Lipinski definition) is 8. The Bertz CT molecular complexity index is 1380. The van der Waals surface area contributed by atoms with Gasteiger partial charge in [0.25, 0.3) is 5.91 Å². The van der Waals surface area contributed by atoms with Crippen molar-refractivity contribution < 1.29 is 41.4 Å². The number of methoxy groups -OCH3 is 1. The number of amides is 2. The van der Waals surface area contributed by atoms with Gasteiger partial charge in [-0.05, 0) is 57.0 Å². The van der Waals surface area contributed by atoms with E-state index in [0.717, 1.165) is 17.0 Å². The van der Waals surface area contributed by atoms with E-state index in [0.29, 0.717) is 30.2 Å². The molecular formula is C28H34ClFN2O8S. The molecular weight excluding hydrogens is 579 g/mol. The molecule has 0 saturated heterocycles. The van der Waals surface area contributed by atoms with Crippen LogP contribution in [0.5, 0.6) is 0 Å². The third-order valence-corrected chi connectivity index (χ3v) is 8.02. The number of sulfone groups is 1. The summed E-state index contributed by atoms with van der Waals surface area (Å²) < 4.78 is 57.5. The molecule has 2 aromatic rings. The number of hydrogen-bond donors (Lipinski definition) is 1. The lowest BCUT2D eigenvalue weighted by molar-refractivity contribution is -0.120. The molecule has 3 rings (SSSR count). The lowest BCUT2D eigenvalue weighted by Crippen LogP contribution is -2.51. The van der Waals surface area contributed by atoms with Crippen LogP contribution in [0.4, 0.5) is 14.9 Å². The van der Waals surface area contributed by atoms with Crippen molar-refractivity contribution in [2.24, 2.45) is 0 Å². The normalized spacial score (nSPS) is 16.6. The van der Waals surface area contributed by atoms with Gasteiger partial charge in [-0.3, -0.25) is 9.59 Å². The van der Waals surface area contributed by atoms with Crippen LogP contribution in [0.2, 0.25) is 5.02 Å². The molecule has 224 valence electrons. The topological polar surface area (TPSA) is 128 Å². The zero-order chi connectivity index (χ0) is 30.4. The third-order valence-electron chi connectivity index (χ3n) is 5.99. The molecule has 0 radical (unpaired) electrons. The number of rotatable bonds is 11. The fraction of sp³-hybridized carbons (Fsp3) is 0.464. The third kappa shape index (κ3) is 8.96. The highest BCUT2D eigenvalue weighted by Crippen LogP contribution is 2.35. The maximum absolute atomic E-state index is 15.2. The average molecular weight is 613 g/mol. The Morgan fingerprint density at radius 3 is 2.44 bits per heavy atom. The minimum absolute atomic E-state index is 0.0661. The molecule has 10 nitrogen and oxygen atoms in total. The van der Waals surface area contributed by atoms with Gasteiger partial charge in [-0.25, -0.2) is 17.6 Å². The minimum Gasteiger partial charge on any atom is -0.444 e. The number of ether oxygens (including phenoxy) is 3. The monoisotopic (exact) mass is 612 g/mol. The summed E-state index contributed by atoms with van der Waals surface area (Å²) in [5.74, 6) is -3.22. The lowest BCUT2D eigenvalue weighted by atomic mass is 10.0. The quantitative estimate of drug-likeness (QED) is 0.294. The predicted octanol–water partition coefficient (Wildman–Crippen LogP) is 4.32. The molecule has 1 heterocycles. The van der Waals surface area contributed by atoms with Crippen LogP contribution in [0.25, 0.3) is 0 Å². The van der Waals surface area contributed by atoms with Crippen molar-refractivity contribution in [3.8, 4) is 0 Å². The number of halogens is 2. The van der Waals surface area contributed by atoms with Crippen LogP contribution in [0.1, 0.15) is 49.5 Å². The van der Waals surface area contributed by atoms with E-state index in [4.69, 9.17) is 25.8 Å². The first kappa shape index (κ1) is 32.5. The summed E-state index contributed by atoms with van der Waals surface area (Å²) in [6.45, 7) is 5.70. The number of ketones is 1.